The number of phenolic OH excluding ortho intramolecular Hbond substituents is 1. The van der Waals surface area contributed by atoms with Crippen molar-refractivity contribution in [1.82, 2.24) is 19.5 Å². The predicted octanol–water partition coefficient (Wildman–Crippen LogP) is 6.86. The third-order valence-corrected chi connectivity index (χ3v) is 7.81. The van der Waals surface area contributed by atoms with Gasteiger partial charge in [-0.1, -0.05) is 66.7 Å². The molecule has 2 N–H and O–H groups in total. The third-order valence-electron chi connectivity index (χ3n) is 7.25. The highest BCUT2D eigenvalue weighted by molar-refractivity contribution is 9.10. The number of aromatic nitrogens is 3. The van der Waals surface area contributed by atoms with Gasteiger partial charge >= 0.3 is 0 Å². The molecular formula is C31H30BrN5O. The number of nitrogens with zero attached hydrogens (tertiary/aromatic N) is 4. The fraction of sp³-hybridized carbons (Fsp3) is 0.226. The molecule has 1 fully saturated rings. The first-order valence-corrected chi connectivity index (χ1v) is 13.9. The molecule has 5 aromatic rings. The van der Waals surface area contributed by atoms with Crippen molar-refractivity contribution in [2.24, 2.45) is 5.92 Å². The lowest BCUT2D eigenvalue weighted by Crippen LogP contribution is -2.37. The van der Waals surface area contributed by atoms with Gasteiger partial charge in [0.05, 0.1) is 16.4 Å². The van der Waals surface area contributed by atoms with Crippen LogP contribution in [0.5, 0.6) is 5.75 Å². The van der Waals surface area contributed by atoms with Crippen molar-refractivity contribution in [3.8, 4) is 28.1 Å². The van der Waals surface area contributed by atoms with Crippen LogP contribution in [-0.2, 0) is 6.54 Å². The maximum atomic E-state index is 10.4. The predicted molar refractivity (Wildman–Crippen MR) is 156 cm³/mol. The first kappa shape index (κ1) is 24.6. The number of fused-ring (bicyclic) bond motifs is 1. The molecule has 3 heterocycles. The molecule has 0 amide bonds. The molecule has 7 heteroatoms. The van der Waals surface area contributed by atoms with E-state index in [1.54, 1.807) is 12.3 Å². The number of likely N-dealkylation sites (tertiary alicyclic amines) is 1. The van der Waals surface area contributed by atoms with Crippen molar-refractivity contribution >= 4 is 27.4 Å². The van der Waals surface area contributed by atoms with Gasteiger partial charge in [0, 0.05) is 31.3 Å². The highest BCUT2D eigenvalue weighted by Gasteiger charge is 2.21. The third kappa shape index (κ3) is 5.30. The van der Waals surface area contributed by atoms with Gasteiger partial charge in [0.2, 0.25) is 0 Å². The zero-order chi connectivity index (χ0) is 25.9. The van der Waals surface area contributed by atoms with Gasteiger partial charge in [-0.15, -0.1) is 0 Å². The molecule has 0 saturated carbocycles. The highest BCUT2D eigenvalue weighted by Crippen LogP contribution is 2.31. The second-order valence-corrected chi connectivity index (χ2v) is 10.8. The molecular weight excluding hydrogens is 538 g/mol. The maximum absolute atomic E-state index is 10.4. The number of anilines is 1. The van der Waals surface area contributed by atoms with Gasteiger partial charge in [0.15, 0.2) is 5.65 Å². The summed E-state index contributed by atoms with van der Waals surface area (Å²) in [6.45, 7) is 3.99. The van der Waals surface area contributed by atoms with Crippen LogP contribution >= 0.6 is 15.9 Å². The minimum atomic E-state index is 0.214. The second kappa shape index (κ2) is 11.0. The molecule has 0 radical (unpaired) electrons. The Morgan fingerprint density at radius 1 is 0.947 bits per heavy atom. The number of halogens is 1. The number of phenols is 1. The summed E-state index contributed by atoms with van der Waals surface area (Å²) in [4.78, 5) is 7.31. The van der Waals surface area contributed by atoms with E-state index in [-0.39, 0.29) is 5.75 Å². The number of benzene rings is 3. The normalized spacial score (nSPS) is 16.1. The first-order chi connectivity index (χ1) is 18.6. The summed E-state index contributed by atoms with van der Waals surface area (Å²) in [5.74, 6) is 1.61. The van der Waals surface area contributed by atoms with Gasteiger partial charge in [-0.05, 0) is 70.1 Å². The molecule has 0 bridgehead atoms. The van der Waals surface area contributed by atoms with Crippen molar-refractivity contribution in [3.05, 3.63) is 101 Å². The fourth-order valence-electron chi connectivity index (χ4n) is 5.29. The summed E-state index contributed by atoms with van der Waals surface area (Å²) >= 11 is 3.57. The van der Waals surface area contributed by atoms with Gasteiger partial charge in [0.1, 0.15) is 11.6 Å². The molecule has 2 aromatic heterocycles. The molecule has 3 aromatic carbocycles. The number of piperidine rings is 1. The lowest BCUT2D eigenvalue weighted by molar-refractivity contribution is 0.173. The van der Waals surface area contributed by atoms with E-state index in [2.05, 4.69) is 85.8 Å². The van der Waals surface area contributed by atoms with E-state index >= 15 is 0 Å². The molecule has 1 saturated heterocycles. The van der Waals surface area contributed by atoms with E-state index in [0.29, 0.717) is 17.2 Å². The molecule has 192 valence electrons. The number of aromatic hydroxyl groups is 1. The molecule has 0 spiro atoms. The van der Waals surface area contributed by atoms with Crippen LogP contribution in [0.25, 0.3) is 28.0 Å². The number of para-hydroxylation sites is 1. The Kier molecular flexibility index (Phi) is 7.12. The molecule has 1 aliphatic heterocycles. The summed E-state index contributed by atoms with van der Waals surface area (Å²) in [5, 5.41) is 18.6. The van der Waals surface area contributed by atoms with Crippen LogP contribution in [0.1, 0.15) is 18.4 Å². The quantitative estimate of drug-likeness (QED) is 0.225. The lowest BCUT2D eigenvalue weighted by Gasteiger charge is -2.33. The summed E-state index contributed by atoms with van der Waals surface area (Å²) in [5.41, 5.74) is 5.99. The van der Waals surface area contributed by atoms with E-state index in [1.807, 2.05) is 28.8 Å². The zero-order valence-corrected chi connectivity index (χ0v) is 22.7. The van der Waals surface area contributed by atoms with E-state index < -0.39 is 0 Å². The van der Waals surface area contributed by atoms with Gasteiger partial charge in [-0.3, -0.25) is 4.90 Å². The topological polar surface area (TPSA) is 65.7 Å². The Balaban J connectivity index is 1.14. The van der Waals surface area contributed by atoms with Crippen LogP contribution in [-0.4, -0.2) is 44.2 Å². The Hall–Kier alpha value is -3.68. The van der Waals surface area contributed by atoms with Crippen LogP contribution in [0.15, 0.2) is 95.6 Å². The Labute approximate surface area is 231 Å². The van der Waals surface area contributed by atoms with Crippen molar-refractivity contribution in [3.63, 3.8) is 0 Å². The molecule has 1 atom stereocenters. The Bertz CT molecular complexity index is 1530. The fourth-order valence-corrected chi connectivity index (χ4v) is 5.64. The Morgan fingerprint density at radius 2 is 1.71 bits per heavy atom. The van der Waals surface area contributed by atoms with Crippen molar-refractivity contribution in [2.45, 2.75) is 19.4 Å². The van der Waals surface area contributed by atoms with E-state index in [1.165, 1.54) is 29.5 Å². The van der Waals surface area contributed by atoms with Crippen LogP contribution in [0, 0.1) is 5.92 Å². The number of hydrogen-bond donors (Lipinski definition) is 2. The number of nitrogens with one attached hydrogen (secondary N) is 1. The minimum absolute atomic E-state index is 0.214. The zero-order valence-electron chi connectivity index (χ0n) is 21.1. The molecule has 0 aliphatic carbocycles. The van der Waals surface area contributed by atoms with Crippen LogP contribution in [0.2, 0.25) is 0 Å². The summed E-state index contributed by atoms with van der Waals surface area (Å²) in [6.07, 6.45) is 4.14. The summed E-state index contributed by atoms with van der Waals surface area (Å²) in [7, 11) is 0. The standard InChI is InChI=1S/C31H30BrN5O/c32-27-19-34-37-30(17-28(35-31(27)37)26-10-4-5-11-29(26)38)33-18-23-7-6-16-36(21-23)20-22-12-14-25(15-13-22)24-8-2-1-3-9-24/h1-5,8-15,17,19,23,33,38H,6-7,16,18,20-21H2. The minimum Gasteiger partial charge on any atom is -0.507 e. The van der Waals surface area contributed by atoms with E-state index in [4.69, 9.17) is 4.98 Å². The number of rotatable bonds is 7. The lowest BCUT2D eigenvalue weighted by atomic mass is 9.97. The van der Waals surface area contributed by atoms with Crippen molar-refractivity contribution in [2.75, 3.05) is 25.0 Å². The van der Waals surface area contributed by atoms with Crippen molar-refractivity contribution < 1.29 is 5.11 Å². The van der Waals surface area contributed by atoms with Gasteiger partial charge < -0.3 is 10.4 Å². The Morgan fingerprint density at radius 3 is 2.53 bits per heavy atom. The smallest absolute Gasteiger partial charge is 0.172 e. The maximum Gasteiger partial charge on any atom is 0.172 e. The van der Waals surface area contributed by atoms with Crippen LogP contribution < -0.4 is 5.32 Å². The molecule has 38 heavy (non-hydrogen) atoms. The molecule has 6 nitrogen and oxygen atoms in total. The van der Waals surface area contributed by atoms with Crippen LogP contribution in [0.3, 0.4) is 0 Å². The molecule has 1 aliphatic rings. The average molecular weight is 569 g/mol. The molecule has 6 rings (SSSR count). The van der Waals surface area contributed by atoms with E-state index in [9.17, 15) is 5.11 Å². The SMILES string of the molecule is Oc1ccccc1-c1cc(NCC2CCCN(Cc3ccc(-c4ccccc4)cc3)C2)n2ncc(Br)c2n1. The summed E-state index contributed by atoms with van der Waals surface area (Å²) in [6, 6.07) is 28.8. The van der Waals surface area contributed by atoms with Crippen LogP contribution in [0.4, 0.5) is 5.82 Å². The van der Waals surface area contributed by atoms with Gasteiger partial charge in [0.25, 0.3) is 0 Å². The van der Waals surface area contributed by atoms with Crippen molar-refractivity contribution in [1.29, 1.82) is 0 Å². The molecule has 1 unspecified atom stereocenters. The monoisotopic (exact) mass is 567 g/mol. The number of hydrogen-bond acceptors (Lipinski definition) is 5. The second-order valence-electron chi connectivity index (χ2n) is 9.96. The summed E-state index contributed by atoms with van der Waals surface area (Å²) < 4.78 is 2.64. The van der Waals surface area contributed by atoms with Gasteiger partial charge in [-0.25, -0.2) is 4.98 Å². The average Bonchev–Trinajstić information content (AvgIpc) is 3.33. The highest BCUT2D eigenvalue weighted by atomic mass is 79.9. The van der Waals surface area contributed by atoms with E-state index in [0.717, 1.165) is 42.1 Å². The first-order valence-electron chi connectivity index (χ1n) is 13.1. The largest absolute Gasteiger partial charge is 0.507 e. The van der Waals surface area contributed by atoms with Gasteiger partial charge in [-0.2, -0.15) is 9.61 Å².